The number of fused-ring (bicyclic) bond motifs is 2. The molecule has 224 valence electrons. The Morgan fingerprint density at radius 1 is 1.07 bits per heavy atom. The summed E-state index contributed by atoms with van der Waals surface area (Å²) in [6, 6.07) is 8.91. The second kappa shape index (κ2) is 10.9. The maximum atomic E-state index is 12.8. The van der Waals surface area contributed by atoms with Crippen molar-refractivity contribution in [3.8, 4) is 0 Å². The largest absolute Gasteiger partial charge is 0.444 e. The van der Waals surface area contributed by atoms with Crippen molar-refractivity contribution in [2.24, 2.45) is 0 Å². The summed E-state index contributed by atoms with van der Waals surface area (Å²) in [5.41, 5.74) is 0.888. The van der Waals surface area contributed by atoms with Gasteiger partial charge in [-0.3, -0.25) is 19.2 Å². The van der Waals surface area contributed by atoms with E-state index in [2.05, 4.69) is 25.2 Å². The van der Waals surface area contributed by atoms with Gasteiger partial charge in [-0.1, -0.05) is 18.2 Å². The molecule has 4 atom stereocenters. The van der Waals surface area contributed by atoms with Crippen molar-refractivity contribution in [1.82, 2.24) is 29.3 Å². The number of rotatable bonds is 5. The number of nitrogens with one attached hydrogen (secondary N) is 1. The lowest BCUT2D eigenvalue weighted by atomic mass is 10.1. The monoisotopic (exact) mass is 579 g/mol. The second-order valence-electron chi connectivity index (χ2n) is 12.3. The molecule has 3 aliphatic heterocycles. The summed E-state index contributed by atoms with van der Waals surface area (Å²) in [6.45, 7) is 11.8. The first-order valence-electron chi connectivity index (χ1n) is 14.2. The van der Waals surface area contributed by atoms with E-state index in [0.717, 1.165) is 13.0 Å². The highest BCUT2D eigenvalue weighted by Crippen LogP contribution is 2.44. The van der Waals surface area contributed by atoms with Crippen molar-refractivity contribution in [1.29, 1.82) is 0 Å². The quantitative estimate of drug-likeness (QED) is 0.480. The van der Waals surface area contributed by atoms with Crippen LogP contribution in [-0.2, 0) is 18.9 Å². The van der Waals surface area contributed by atoms with Crippen molar-refractivity contribution in [3.05, 3.63) is 48.5 Å². The van der Waals surface area contributed by atoms with E-state index in [1.807, 2.05) is 40.7 Å². The molecule has 1 aromatic carbocycles. The van der Waals surface area contributed by atoms with E-state index >= 15 is 0 Å². The van der Waals surface area contributed by atoms with Crippen LogP contribution in [-0.4, -0.2) is 97.3 Å². The number of anilines is 1. The molecule has 3 saturated heterocycles. The number of hydrogen-bond acceptors (Lipinski definition) is 10. The molecule has 0 spiro atoms. The lowest BCUT2D eigenvalue weighted by molar-refractivity contribution is -0.198. The van der Waals surface area contributed by atoms with Gasteiger partial charge in [-0.15, -0.1) is 0 Å². The van der Waals surface area contributed by atoms with Crippen molar-refractivity contribution in [2.45, 2.75) is 77.0 Å². The van der Waals surface area contributed by atoms with Crippen LogP contribution < -0.4 is 5.32 Å². The highest BCUT2D eigenvalue weighted by molar-refractivity contribution is 6.06. The fourth-order valence-electron chi connectivity index (χ4n) is 5.68. The van der Waals surface area contributed by atoms with Crippen LogP contribution in [0.1, 0.15) is 57.6 Å². The van der Waals surface area contributed by atoms with Crippen LogP contribution in [0.2, 0.25) is 0 Å². The maximum absolute atomic E-state index is 12.8. The average Bonchev–Trinajstić information content (AvgIpc) is 3.60. The Kier molecular flexibility index (Phi) is 7.37. The van der Waals surface area contributed by atoms with Crippen LogP contribution in [0.25, 0.3) is 11.2 Å². The van der Waals surface area contributed by atoms with Gasteiger partial charge in [0.2, 0.25) is 0 Å². The Morgan fingerprint density at radius 3 is 2.60 bits per heavy atom. The van der Waals surface area contributed by atoms with E-state index in [4.69, 9.17) is 18.9 Å². The van der Waals surface area contributed by atoms with E-state index in [9.17, 15) is 9.59 Å². The standard InChI is InChI=1S/C29H37N7O6/c1-28(2,3)42-27(38)35-13-9-12-34(17-35)14-19-21-22(41-29(4,5)40-21)26(39-19)36-16-32-20-23(30-15-31-24(20)36)33-25(37)18-10-7-6-8-11-18/h6-8,10-11,15-16,19,21-22,26H,9,12-14,17H2,1-5H3,(H,30,31,33,37)/t19-,21-,22-,26-/m1/s1. The van der Waals surface area contributed by atoms with Crippen molar-refractivity contribution in [2.75, 3.05) is 31.6 Å². The van der Waals surface area contributed by atoms with Gasteiger partial charge in [0.1, 0.15) is 30.2 Å². The highest BCUT2D eigenvalue weighted by Gasteiger charge is 2.56. The van der Waals surface area contributed by atoms with Gasteiger partial charge in [0.25, 0.3) is 5.91 Å². The predicted molar refractivity (Wildman–Crippen MR) is 151 cm³/mol. The number of carbonyl (C=O) groups excluding carboxylic acids is 2. The Labute approximate surface area is 244 Å². The first-order valence-corrected chi connectivity index (χ1v) is 14.2. The van der Waals surface area contributed by atoms with Crippen LogP contribution in [0.4, 0.5) is 10.6 Å². The van der Waals surface area contributed by atoms with Gasteiger partial charge in [-0.05, 0) is 53.2 Å². The molecular weight excluding hydrogens is 542 g/mol. The van der Waals surface area contributed by atoms with Gasteiger partial charge >= 0.3 is 6.09 Å². The van der Waals surface area contributed by atoms with Gasteiger partial charge in [-0.2, -0.15) is 0 Å². The molecule has 6 rings (SSSR count). The zero-order valence-corrected chi connectivity index (χ0v) is 24.5. The number of aromatic nitrogens is 4. The molecule has 0 bridgehead atoms. The summed E-state index contributed by atoms with van der Waals surface area (Å²) in [4.78, 5) is 42.7. The van der Waals surface area contributed by atoms with Gasteiger partial charge in [0, 0.05) is 25.2 Å². The lowest BCUT2D eigenvalue weighted by Gasteiger charge is -2.37. The molecule has 2 amide bonds. The molecule has 42 heavy (non-hydrogen) atoms. The minimum Gasteiger partial charge on any atom is -0.444 e. The molecular formula is C29H37N7O6. The molecule has 3 aromatic rings. The molecule has 0 unspecified atom stereocenters. The topological polar surface area (TPSA) is 133 Å². The number of imidazole rings is 1. The molecule has 2 aromatic heterocycles. The molecule has 13 nitrogen and oxygen atoms in total. The Morgan fingerprint density at radius 2 is 1.83 bits per heavy atom. The van der Waals surface area contributed by atoms with Gasteiger partial charge in [0.15, 0.2) is 29.0 Å². The fourth-order valence-corrected chi connectivity index (χ4v) is 5.68. The zero-order valence-electron chi connectivity index (χ0n) is 24.5. The lowest BCUT2D eigenvalue weighted by Crippen LogP contribution is -2.52. The van der Waals surface area contributed by atoms with E-state index in [0.29, 0.717) is 42.3 Å². The molecule has 13 heteroatoms. The third-order valence-electron chi connectivity index (χ3n) is 7.39. The summed E-state index contributed by atoms with van der Waals surface area (Å²) in [5, 5.41) is 2.84. The van der Waals surface area contributed by atoms with Crippen LogP contribution in [0.15, 0.2) is 43.0 Å². The smallest absolute Gasteiger partial charge is 0.411 e. The number of nitrogens with zero attached hydrogens (tertiary/aromatic N) is 6. The summed E-state index contributed by atoms with van der Waals surface area (Å²) >= 11 is 0. The predicted octanol–water partition coefficient (Wildman–Crippen LogP) is 3.40. The van der Waals surface area contributed by atoms with E-state index in [-0.39, 0.29) is 24.2 Å². The normalized spacial score (nSPS) is 25.9. The van der Waals surface area contributed by atoms with E-state index in [1.165, 1.54) is 6.33 Å². The molecule has 3 aliphatic rings. The summed E-state index contributed by atoms with van der Waals surface area (Å²) in [6.07, 6.45) is 1.83. The third kappa shape index (κ3) is 5.82. The van der Waals surface area contributed by atoms with Crippen LogP contribution in [0, 0.1) is 0 Å². The molecule has 0 radical (unpaired) electrons. The zero-order chi connectivity index (χ0) is 29.6. The number of amides is 2. The third-order valence-corrected chi connectivity index (χ3v) is 7.39. The van der Waals surface area contributed by atoms with Crippen LogP contribution >= 0.6 is 0 Å². The summed E-state index contributed by atoms with van der Waals surface area (Å²) in [7, 11) is 0. The number of carbonyl (C=O) groups is 2. The molecule has 3 fully saturated rings. The average molecular weight is 580 g/mol. The Bertz CT molecular complexity index is 1460. The summed E-state index contributed by atoms with van der Waals surface area (Å²) < 4.78 is 26.7. The van der Waals surface area contributed by atoms with E-state index < -0.39 is 23.7 Å². The highest BCUT2D eigenvalue weighted by atomic mass is 16.8. The van der Waals surface area contributed by atoms with Crippen molar-refractivity contribution >= 4 is 29.0 Å². The molecule has 5 heterocycles. The summed E-state index contributed by atoms with van der Waals surface area (Å²) in [5.74, 6) is -0.794. The van der Waals surface area contributed by atoms with E-state index in [1.54, 1.807) is 40.1 Å². The molecule has 1 N–H and O–H groups in total. The second-order valence-corrected chi connectivity index (χ2v) is 12.3. The van der Waals surface area contributed by atoms with Crippen LogP contribution in [0.3, 0.4) is 0 Å². The SMILES string of the molecule is CC(C)(C)OC(=O)N1CCCN(C[C@H]2O[C@@H](n3cnc4c(NC(=O)c5ccccc5)ncnc43)[C@@H]3OC(C)(C)O[C@@H]32)C1. The first kappa shape index (κ1) is 28.5. The van der Waals surface area contributed by atoms with Gasteiger partial charge in [-0.25, -0.2) is 19.7 Å². The maximum Gasteiger partial charge on any atom is 0.411 e. The Balaban J connectivity index is 1.21. The minimum atomic E-state index is -0.805. The van der Waals surface area contributed by atoms with Crippen molar-refractivity contribution in [3.63, 3.8) is 0 Å². The first-order chi connectivity index (χ1) is 20.0. The number of ether oxygens (including phenoxy) is 4. The minimum absolute atomic E-state index is 0.293. The van der Waals surface area contributed by atoms with Gasteiger partial charge < -0.3 is 24.3 Å². The van der Waals surface area contributed by atoms with Gasteiger partial charge in [0.05, 0.1) is 13.0 Å². The fraction of sp³-hybridized carbons (Fsp3) is 0.552. The van der Waals surface area contributed by atoms with Crippen molar-refractivity contribution < 1.29 is 28.5 Å². The molecule has 0 aliphatic carbocycles. The number of hydrogen-bond donors (Lipinski definition) is 1. The number of benzene rings is 1. The van der Waals surface area contributed by atoms with Crippen LogP contribution in [0.5, 0.6) is 0 Å². The Hall–Kier alpha value is -3.65. The molecule has 0 saturated carbocycles.